The molecule has 46 heavy (non-hydrogen) atoms. The Balaban J connectivity index is 1.21. The molecule has 1 aliphatic carbocycles. The number of benzene rings is 7. The summed E-state index contributed by atoms with van der Waals surface area (Å²) < 4.78 is 0. The van der Waals surface area contributed by atoms with Crippen LogP contribution in [0.25, 0.3) is 44.5 Å². The van der Waals surface area contributed by atoms with Crippen LogP contribution in [0.5, 0.6) is 0 Å². The molecule has 1 nitrogen and oxygen atoms in total. The summed E-state index contributed by atoms with van der Waals surface area (Å²) in [7, 11) is 0. The Bertz CT molecular complexity index is 2060. The van der Waals surface area contributed by atoms with Crippen LogP contribution in [0.4, 0.5) is 17.1 Å². The quantitative estimate of drug-likeness (QED) is 0.186. The van der Waals surface area contributed by atoms with Crippen LogP contribution in [-0.4, -0.2) is 0 Å². The van der Waals surface area contributed by atoms with Crippen molar-refractivity contribution in [2.75, 3.05) is 4.90 Å². The van der Waals surface area contributed by atoms with Gasteiger partial charge < -0.3 is 4.90 Å². The van der Waals surface area contributed by atoms with E-state index in [1.807, 2.05) is 0 Å². The first kappa shape index (κ1) is 27.9. The molecule has 0 aliphatic heterocycles. The Hall–Kier alpha value is -5.66. The van der Waals surface area contributed by atoms with Gasteiger partial charge in [0.15, 0.2) is 0 Å². The number of nitrogens with zero attached hydrogens (tertiary/aromatic N) is 1. The standard InChI is InChI=1S/C45H35N/c1-45(2)43-19-10-9-18-41(43)42-29-24-37(31-44(42)45)36-16-11-17-40(30-36)46(38-25-20-34(21-26-38)32-12-5-3-6-13-32)39-27-22-35(23-28-39)33-14-7-4-8-15-33/h3-31H,1-2H3. The zero-order chi connectivity index (χ0) is 31.1. The van der Waals surface area contributed by atoms with Gasteiger partial charge in [-0.1, -0.05) is 147 Å². The third-order valence-electron chi connectivity index (χ3n) is 9.49. The molecule has 7 aromatic carbocycles. The van der Waals surface area contributed by atoms with Crippen molar-refractivity contribution >= 4 is 17.1 Å². The van der Waals surface area contributed by atoms with E-state index < -0.39 is 0 Å². The normalized spacial score (nSPS) is 12.7. The topological polar surface area (TPSA) is 3.24 Å². The lowest BCUT2D eigenvalue weighted by Crippen LogP contribution is -2.14. The second kappa shape index (κ2) is 11.4. The van der Waals surface area contributed by atoms with Crippen LogP contribution in [0.15, 0.2) is 176 Å². The summed E-state index contributed by atoms with van der Waals surface area (Å²) in [5, 5.41) is 0. The Morgan fingerprint density at radius 2 is 0.783 bits per heavy atom. The number of rotatable bonds is 6. The van der Waals surface area contributed by atoms with Crippen LogP contribution in [0, 0.1) is 0 Å². The van der Waals surface area contributed by atoms with E-state index in [4.69, 9.17) is 0 Å². The van der Waals surface area contributed by atoms with Crippen LogP contribution < -0.4 is 4.90 Å². The van der Waals surface area contributed by atoms with Crippen LogP contribution in [0.2, 0.25) is 0 Å². The number of anilines is 3. The first-order valence-corrected chi connectivity index (χ1v) is 16.0. The zero-order valence-electron chi connectivity index (χ0n) is 26.2. The highest BCUT2D eigenvalue weighted by Gasteiger charge is 2.35. The zero-order valence-corrected chi connectivity index (χ0v) is 26.2. The molecule has 0 radical (unpaired) electrons. The van der Waals surface area contributed by atoms with Crippen LogP contribution in [0.3, 0.4) is 0 Å². The maximum atomic E-state index is 2.40. The van der Waals surface area contributed by atoms with E-state index in [1.54, 1.807) is 0 Å². The van der Waals surface area contributed by atoms with Gasteiger partial charge in [0.05, 0.1) is 0 Å². The predicted molar refractivity (Wildman–Crippen MR) is 195 cm³/mol. The first-order chi connectivity index (χ1) is 22.6. The molecule has 0 amide bonds. The summed E-state index contributed by atoms with van der Waals surface area (Å²) in [5.41, 5.74) is 16.1. The van der Waals surface area contributed by atoms with Gasteiger partial charge in [0, 0.05) is 22.5 Å². The van der Waals surface area contributed by atoms with E-state index in [0.29, 0.717) is 0 Å². The first-order valence-electron chi connectivity index (χ1n) is 16.0. The lowest BCUT2D eigenvalue weighted by atomic mass is 9.81. The van der Waals surface area contributed by atoms with Crippen molar-refractivity contribution in [1.82, 2.24) is 0 Å². The Morgan fingerprint density at radius 1 is 0.326 bits per heavy atom. The highest BCUT2D eigenvalue weighted by molar-refractivity contribution is 5.86. The molecule has 0 unspecified atom stereocenters. The molecule has 0 fully saturated rings. The molecular formula is C45H35N. The fourth-order valence-electron chi connectivity index (χ4n) is 7.02. The third kappa shape index (κ3) is 4.91. The monoisotopic (exact) mass is 589 g/mol. The molecule has 0 saturated heterocycles. The second-order valence-corrected chi connectivity index (χ2v) is 12.6. The average molecular weight is 590 g/mol. The SMILES string of the molecule is CC1(C)c2ccccc2-c2ccc(-c3cccc(N(c4ccc(-c5ccccc5)cc4)c4ccc(-c5ccccc5)cc4)c3)cc21. The van der Waals surface area contributed by atoms with E-state index in [-0.39, 0.29) is 5.41 Å². The van der Waals surface area contributed by atoms with E-state index in [9.17, 15) is 0 Å². The van der Waals surface area contributed by atoms with Crippen molar-refractivity contribution in [1.29, 1.82) is 0 Å². The Morgan fingerprint density at radius 3 is 1.39 bits per heavy atom. The van der Waals surface area contributed by atoms with Crippen molar-refractivity contribution < 1.29 is 0 Å². The van der Waals surface area contributed by atoms with Gasteiger partial charge in [-0.15, -0.1) is 0 Å². The molecule has 8 rings (SSSR count). The summed E-state index contributed by atoms with van der Waals surface area (Å²) in [6.45, 7) is 4.69. The Labute approximate surface area is 272 Å². The molecule has 0 saturated carbocycles. The van der Waals surface area contributed by atoms with Gasteiger partial charge in [0.1, 0.15) is 0 Å². The van der Waals surface area contributed by atoms with Crippen LogP contribution in [-0.2, 0) is 5.41 Å². The summed E-state index contributed by atoms with van der Waals surface area (Å²) in [6, 6.07) is 63.7. The summed E-state index contributed by atoms with van der Waals surface area (Å²) in [6.07, 6.45) is 0. The van der Waals surface area contributed by atoms with E-state index >= 15 is 0 Å². The van der Waals surface area contributed by atoms with Crippen molar-refractivity contribution in [3.8, 4) is 44.5 Å². The van der Waals surface area contributed by atoms with Gasteiger partial charge in [-0.05, 0) is 98.1 Å². The van der Waals surface area contributed by atoms with Crippen molar-refractivity contribution in [3.63, 3.8) is 0 Å². The molecule has 0 N–H and O–H groups in total. The number of hydrogen-bond donors (Lipinski definition) is 0. The fraction of sp³-hybridized carbons (Fsp3) is 0.0667. The molecule has 1 heteroatoms. The minimum Gasteiger partial charge on any atom is -0.310 e. The molecule has 0 aromatic heterocycles. The summed E-state index contributed by atoms with van der Waals surface area (Å²) in [4.78, 5) is 2.36. The fourth-order valence-corrected chi connectivity index (χ4v) is 7.02. The van der Waals surface area contributed by atoms with Gasteiger partial charge in [-0.25, -0.2) is 0 Å². The van der Waals surface area contributed by atoms with Crippen LogP contribution >= 0.6 is 0 Å². The molecule has 7 aromatic rings. The van der Waals surface area contributed by atoms with E-state index in [1.165, 1.54) is 55.6 Å². The van der Waals surface area contributed by atoms with Crippen molar-refractivity contribution in [2.45, 2.75) is 19.3 Å². The van der Waals surface area contributed by atoms with Crippen molar-refractivity contribution in [3.05, 3.63) is 187 Å². The van der Waals surface area contributed by atoms with Gasteiger partial charge in [-0.2, -0.15) is 0 Å². The smallest absolute Gasteiger partial charge is 0.0467 e. The summed E-state index contributed by atoms with van der Waals surface area (Å²) in [5.74, 6) is 0. The number of hydrogen-bond acceptors (Lipinski definition) is 1. The van der Waals surface area contributed by atoms with E-state index in [2.05, 4.69) is 195 Å². The second-order valence-electron chi connectivity index (χ2n) is 12.6. The molecule has 1 aliphatic rings. The highest BCUT2D eigenvalue weighted by Crippen LogP contribution is 2.49. The lowest BCUT2D eigenvalue weighted by Gasteiger charge is -2.27. The Kier molecular flexibility index (Phi) is 6.88. The largest absolute Gasteiger partial charge is 0.310 e. The minimum atomic E-state index is -0.0351. The molecule has 220 valence electrons. The van der Waals surface area contributed by atoms with Gasteiger partial charge >= 0.3 is 0 Å². The van der Waals surface area contributed by atoms with E-state index in [0.717, 1.165) is 17.1 Å². The lowest BCUT2D eigenvalue weighted by molar-refractivity contribution is 0.660. The van der Waals surface area contributed by atoms with Gasteiger partial charge in [0.25, 0.3) is 0 Å². The number of fused-ring (bicyclic) bond motifs is 3. The third-order valence-corrected chi connectivity index (χ3v) is 9.49. The maximum absolute atomic E-state index is 2.40. The molecule has 0 atom stereocenters. The minimum absolute atomic E-state index is 0.0351. The molecular weight excluding hydrogens is 555 g/mol. The molecule has 0 heterocycles. The molecule has 0 bridgehead atoms. The average Bonchev–Trinajstić information content (AvgIpc) is 3.35. The molecule has 0 spiro atoms. The van der Waals surface area contributed by atoms with Gasteiger partial charge in [0.2, 0.25) is 0 Å². The highest BCUT2D eigenvalue weighted by atomic mass is 15.1. The van der Waals surface area contributed by atoms with Crippen LogP contribution in [0.1, 0.15) is 25.0 Å². The van der Waals surface area contributed by atoms with Crippen molar-refractivity contribution in [2.24, 2.45) is 0 Å². The van der Waals surface area contributed by atoms with Gasteiger partial charge in [-0.3, -0.25) is 0 Å². The predicted octanol–water partition coefficient (Wildman–Crippen LogP) is 12.5. The maximum Gasteiger partial charge on any atom is 0.0467 e. The summed E-state index contributed by atoms with van der Waals surface area (Å²) >= 11 is 0.